The number of piperidine rings is 1. The number of fused-ring (bicyclic) bond motifs is 1. The van der Waals surface area contributed by atoms with Gasteiger partial charge >= 0.3 is 0 Å². The van der Waals surface area contributed by atoms with Gasteiger partial charge < -0.3 is 18.9 Å². The fourth-order valence-electron chi connectivity index (χ4n) is 4.40. The molecule has 0 bridgehead atoms. The summed E-state index contributed by atoms with van der Waals surface area (Å²) >= 11 is 0. The van der Waals surface area contributed by atoms with Crippen LogP contribution in [-0.2, 0) is 13.1 Å². The molecule has 0 radical (unpaired) electrons. The molecule has 3 aromatic rings. The number of aryl methyl sites for hydroxylation is 1. The standard InChI is InChI=1S/C25H28N4O4/c1-18-13-23(27-33-18)25(30)29-11-12-31-24-5-4-19(14-20(24)17-29)16-28-9-6-21(7-10-28)32-22-3-2-8-26-15-22/h2-5,8,13-15,21H,6-7,9-12,16-17H2,1H3. The SMILES string of the molecule is Cc1cc(C(=O)N2CCOc3ccc(CN4CCC(Oc5cccnc5)CC4)cc3C2)no1. The largest absolute Gasteiger partial charge is 0.491 e. The quantitative estimate of drug-likeness (QED) is 0.591. The first kappa shape index (κ1) is 21.5. The molecule has 8 nitrogen and oxygen atoms in total. The predicted octanol–water partition coefficient (Wildman–Crippen LogP) is 3.46. The molecule has 0 saturated carbocycles. The van der Waals surface area contributed by atoms with E-state index < -0.39 is 0 Å². The Labute approximate surface area is 193 Å². The average Bonchev–Trinajstić information content (AvgIpc) is 3.16. The first-order valence-corrected chi connectivity index (χ1v) is 11.4. The molecule has 0 N–H and O–H groups in total. The van der Waals surface area contributed by atoms with E-state index in [0.29, 0.717) is 31.2 Å². The molecule has 0 atom stereocenters. The molecule has 1 fully saturated rings. The van der Waals surface area contributed by atoms with Gasteiger partial charge in [0.05, 0.1) is 12.7 Å². The van der Waals surface area contributed by atoms with Crippen molar-refractivity contribution in [2.75, 3.05) is 26.2 Å². The van der Waals surface area contributed by atoms with Crippen LogP contribution < -0.4 is 9.47 Å². The van der Waals surface area contributed by atoms with Gasteiger partial charge in [-0.3, -0.25) is 14.7 Å². The zero-order valence-electron chi connectivity index (χ0n) is 18.8. The summed E-state index contributed by atoms with van der Waals surface area (Å²) in [5.74, 6) is 2.17. The number of likely N-dealkylation sites (tertiary alicyclic amines) is 1. The van der Waals surface area contributed by atoms with E-state index in [1.165, 1.54) is 5.56 Å². The number of aromatic nitrogens is 2. The van der Waals surface area contributed by atoms with Gasteiger partial charge in [-0.2, -0.15) is 0 Å². The minimum absolute atomic E-state index is 0.135. The van der Waals surface area contributed by atoms with E-state index in [2.05, 4.69) is 27.2 Å². The molecule has 2 aliphatic rings. The molecule has 0 spiro atoms. The Morgan fingerprint density at radius 2 is 2.06 bits per heavy atom. The lowest BCUT2D eigenvalue weighted by Crippen LogP contribution is -2.37. The normalized spacial score (nSPS) is 17.2. The zero-order valence-corrected chi connectivity index (χ0v) is 18.8. The molecule has 8 heteroatoms. The number of ether oxygens (including phenoxy) is 2. The molecule has 2 aliphatic heterocycles. The second kappa shape index (κ2) is 9.62. The van der Waals surface area contributed by atoms with Crippen LogP contribution in [0.5, 0.6) is 11.5 Å². The summed E-state index contributed by atoms with van der Waals surface area (Å²) in [6, 6.07) is 11.8. The summed E-state index contributed by atoms with van der Waals surface area (Å²) < 4.78 is 17.0. The number of carbonyl (C=O) groups excluding carboxylic acids is 1. The van der Waals surface area contributed by atoms with Crippen molar-refractivity contribution >= 4 is 5.91 Å². The van der Waals surface area contributed by atoms with Gasteiger partial charge in [0.2, 0.25) is 0 Å². The third-order valence-electron chi connectivity index (χ3n) is 6.12. The van der Waals surface area contributed by atoms with Gasteiger partial charge in [-0.1, -0.05) is 11.2 Å². The monoisotopic (exact) mass is 448 g/mol. The Morgan fingerprint density at radius 3 is 2.82 bits per heavy atom. The fraction of sp³-hybridized carbons (Fsp3) is 0.400. The van der Waals surface area contributed by atoms with E-state index in [1.807, 2.05) is 18.2 Å². The van der Waals surface area contributed by atoms with E-state index in [9.17, 15) is 4.79 Å². The summed E-state index contributed by atoms with van der Waals surface area (Å²) in [5, 5.41) is 3.88. The van der Waals surface area contributed by atoms with Gasteiger partial charge in [0.25, 0.3) is 5.91 Å². The molecular formula is C25H28N4O4. The van der Waals surface area contributed by atoms with Gasteiger partial charge in [-0.15, -0.1) is 0 Å². The molecular weight excluding hydrogens is 420 g/mol. The highest BCUT2D eigenvalue weighted by molar-refractivity contribution is 5.92. The number of hydrogen-bond acceptors (Lipinski definition) is 7. The second-order valence-electron chi connectivity index (χ2n) is 8.62. The number of amides is 1. The Balaban J connectivity index is 1.20. The van der Waals surface area contributed by atoms with E-state index in [4.69, 9.17) is 14.0 Å². The third-order valence-corrected chi connectivity index (χ3v) is 6.12. The maximum atomic E-state index is 12.9. The summed E-state index contributed by atoms with van der Waals surface area (Å²) in [4.78, 5) is 21.2. The van der Waals surface area contributed by atoms with Crippen LogP contribution in [0.2, 0.25) is 0 Å². The van der Waals surface area contributed by atoms with Crippen molar-refractivity contribution in [3.63, 3.8) is 0 Å². The Bertz CT molecular complexity index is 1090. The van der Waals surface area contributed by atoms with Gasteiger partial charge in [0, 0.05) is 44.0 Å². The highest BCUT2D eigenvalue weighted by Gasteiger charge is 2.25. The van der Waals surface area contributed by atoms with Crippen molar-refractivity contribution in [1.82, 2.24) is 19.9 Å². The number of benzene rings is 1. The van der Waals surface area contributed by atoms with Gasteiger partial charge in [-0.25, -0.2) is 0 Å². The van der Waals surface area contributed by atoms with Crippen LogP contribution in [0.1, 0.15) is 40.2 Å². The zero-order chi connectivity index (χ0) is 22.6. The smallest absolute Gasteiger partial charge is 0.276 e. The first-order valence-electron chi connectivity index (χ1n) is 11.4. The molecule has 1 aromatic carbocycles. The molecule has 1 amide bonds. The van der Waals surface area contributed by atoms with Crippen LogP contribution >= 0.6 is 0 Å². The summed E-state index contributed by atoms with van der Waals surface area (Å²) in [7, 11) is 0. The van der Waals surface area contributed by atoms with Crippen LogP contribution in [0.4, 0.5) is 0 Å². The van der Waals surface area contributed by atoms with Crippen LogP contribution in [0, 0.1) is 6.92 Å². The van der Waals surface area contributed by atoms with Crippen molar-refractivity contribution in [2.45, 2.75) is 39.0 Å². The van der Waals surface area contributed by atoms with Crippen LogP contribution in [0.3, 0.4) is 0 Å². The minimum Gasteiger partial charge on any atom is -0.491 e. The maximum Gasteiger partial charge on any atom is 0.276 e. The lowest BCUT2D eigenvalue weighted by Gasteiger charge is -2.32. The van der Waals surface area contributed by atoms with Gasteiger partial charge in [0.1, 0.15) is 30.0 Å². The second-order valence-corrected chi connectivity index (χ2v) is 8.62. The van der Waals surface area contributed by atoms with Crippen LogP contribution in [-0.4, -0.2) is 58.2 Å². The summed E-state index contributed by atoms with van der Waals surface area (Å²) in [5.41, 5.74) is 2.58. The number of rotatable bonds is 5. The molecule has 2 aromatic heterocycles. The number of nitrogens with zero attached hydrogens (tertiary/aromatic N) is 4. The van der Waals surface area contributed by atoms with E-state index >= 15 is 0 Å². The predicted molar refractivity (Wildman–Crippen MR) is 121 cm³/mol. The lowest BCUT2D eigenvalue weighted by atomic mass is 10.0. The Morgan fingerprint density at radius 1 is 1.18 bits per heavy atom. The number of hydrogen-bond donors (Lipinski definition) is 0. The highest BCUT2D eigenvalue weighted by Crippen LogP contribution is 2.27. The molecule has 4 heterocycles. The topological polar surface area (TPSA) is 80.9 Å². The van der Waals surface area contributed by atoms with Crippen molar-refractivity contribution in [1.29, 1.82) is 0 Å². The van der Waals surface area contributed by atoms with Crippen molar-refractivity contribution in [3.8, 4) is 11.5 Å². The lowest BCUT2D eigenvalue weighted by molar-refractivity contribution is 0.0722. The van der Waals surface area contributed by atoms with E-state index in [0.717, 1.165) is 49.5 Å². The molecule has 33 heavy (non-hydrogen) atoms. The molecule has 0 aliphatic carbocycles. The Hall–Kier alpha value is -3.39. The third kappa shape index (κ3) is 5.17. The molecule has 5 rings (SSSR count). The molecule has 172 valence electrons. The molecule has 0 unspecified atom stereocenters. The minimum atomic E-state index is -0.135. The van der Waals surface area contributed by atoms with Crippen LogP contribution in [0.25, 0.3) is 0 Å². The molecule has 1 saturated heterocycles. The number of pyridine rings is 1. The maximum absolute atomic E-state index is 12.9. The van der Waals surface area contributed by atoms with Gasteiger partial charge in [0.15, 0.2) is 5.69 Å². The van der Waals surface area contributed by atoms with Crippen molar-refractivity contribution in [3.05, 3.63) is 71.4 Å². The highest BCUT2D eigenvalue weighted by atomic mass is 16.5. The number of carbonyl (C=O) groups is 1. The van der Waals surface area contributed by atoms with Gasteiger partial charge in [-0.05, 0) is 49.6 Å². The van der Waals surface area contributed by atoms with E-state index in [1.54, 1.807) is 30.3 Å². The average molecular weight is 449 g/mol. The summed E-state index contributed by atoms with van der Waals surface area (Å²) in [6.45, 7) is 6.07. The van der Waals surface area contributed by atoms with Crippen molar-refractivity contribution in [2.24, 2.45) is 0 Å². The fourth-order valence-corrected chi connectivity index (χ4v) is 4.40. The van der Waals surface area contributed by atoms with Crippen molar-refractivity contribution < 1.29 is 18.8 Å². The Kier molecular flexibility index (Phi) is 6.26. The van der Waals surface area contributed by atoms with Crippen LogP contribution in [0.15, 0.2) is 53.3 Å². The van der Waals surface area contributed by atoms with E-state index in [-0.39, 0.29) is 12.0 Å². The summed E-state index contributed by atoms with van der Waals surface area (Å²) in [6.07, 6.45) is 5.73. The first-order chi connectivity index (χ1) is 16.1.